The molecule has 0 radical (unpaired) electrons. The first-order valence-electron chi connectivity index (χ1n) is 13.0. The second-order valence-electron chi connectivity index (χ2n) is 9.35. The number of non-ortho nitro benzene ring substituents is 1. The smallest absolute Gasteiger partial charge is 0.269 e. The minimum absolute atomic E-state index is 0.0442. The Labute approximate surface area is 234 Å². The molecule has 0 spiro atoms. The average molecular weight is 567 g/mol. The van der Waals surface area contributed by atoms with E-state index in [0.717, 1.165) is 9.87 Å². The van der Waals surface area contributed by atoms with Gasteiger partial charge >= 0.3 is 0 Å². The molecule has 2 unspecified atom stereocenters. The van der Waals surface area contributed by atoms with Crippen LogP contribution in [0.2, 0.25) is 0 Å². The van der Waals surface area contributed by atoms with Crippen molar-refractivity contribution >= 4 is 33.2 Å². The fourth-order valence-corrected chi connectivity index (χ4v) is 5.56. The highest BCUT2D eigenvalue weighted by molar-refractivity contribution is 7.92. The first kappa shape index (κ1) is 30.3. The van der Waals surface area contributed by atoms with Crippen LogP contribution in [0.1, 0.15) is 39.2 Å². The zero-order valence-corrected chi connectivity index (χ0v) is 23.6. The van der Waals surface area contributed by atoms with E-state index in [-0.39, 0.29) is 34.8 Å². The maximum atomic E-state index is 14.0. The minimum Gasteiger partial charge on any atom is -0.352 e. The number of nitrogens with one attached hydrogen (secondary N) is 1. The highest BCUT2D eigenvalue weighted by Crippen LogP contribution is 2.26. The number of hydrogen-bond donors (Lipinski definition) is 1. The number of sulfonamides is 1. The first-order chi connectivity index (χ1) is 19.1. The average Bonchev–Trinajstić information content (AvgIpc) is 2.96. The molecule has 0 fully saturated rings. The number of nitro groups is 1. The zero-order valence-electron chi connectivity index (χ0n) is 22.8. The van der Waals surface area contributed by atoms with Crippen molar-refractivity contribution in [3.8, 4) is 0 Å². The third-order valence-electron chi connectivity index (χ3n) is 6.54. The topological polar surface area (TPSA) is 130 Å². The normalized spacial score (nSPS) is 12.7. The number of hydrogen-bond acceptors (Lipinski definition) is 6. The van der Waals surface area contributed by atoms with Gasteiger partial charge in [0.2, 0.25) is 11.8 Å². The summed E-state index contributed by atoms with van der Waals surface area (Å²) < 4.78 is 28.5. The molecule has 10 nitrogen and oxygen atoms in total. The van der Waals surface area contributed by atoms with E-state index >= 15 is 0 Å². The van der Waals surface area contributed by atoms with Gasteiger partial charge in [0.15, 0.2) is 0 Å². The van der Waals surface area contributed by atoms with Crippen LogP contribution < -0.4 is 9.62 Å². The maximum Gasteiger partial charge on any atom is 0.269 e. The van der Waals surface area contributed by atoms with E-state index < -0.39 is 33.4 Å². The summed E-state index contributed by atoms with van der Waals surface area (Å²) in [4.78, 5) is 39.2. The summed E-state index contributed by atoms with van der Waals surface area (Å²) in [5.41, 5.74) is 0.642. The second-order valence-corrected chi connectivity index (χ2v) is 11.2. The fraction of sp³-hybridized carbons (Fsp3) is 0.310. The first-order valence-corrected chi connectivity index (χ1v) is 14.5. The van der Waals surface area contributed by atoms with Gasteiger partial charge in [-0.15, -0.1) is 0 Å². The van der Waals surface area contributed by atoms with Crippen LogP contribution in [0.3, 0.4) is 0 Å². The number of carbonyl (C=O) groups is 2. The number of anilines is 1. The van der Waals surface area contributed by atoms with Crippen molar-refractivity contribution in [3.63, 3.8) is 0 Å². The van der Waals surface area contributed by atoms with Crippen LogP contribution in [0.15, 0.2) is 89.8 Å². The Morgan fingerprint density at radius 1 is 0.900 bits per heavy atom. The Morgan fingerprint density at radius 2 is 1.48 bits per heavy atom. The van der Waals surface area contributed by atoms with Crippen molar-refractivity contribution in [2.75, 3.05) is 10.8 Å². The summed E-state index contributed by atoms with van der Waals surface area (Å²) in [5, 5.41) is 14.1. The molecule has 0 aromatic heterocycles. The van der Waals surface area contributed by atoms with Gasteiger partial charge in [0.1, 0.15) is 12.6 Å². The predicted octanol–water partition coefficient (Wildman–Crippen LogP) is 4.51. The Hall–Kier alpha value is -4.25. The van der Waals surface area contributed by atoms with Gasteiger partial charge in [0, 0.05) is 24.7 Å². The van der Waals surface area contributed by atoms with Crippen molar-refractivity contribution < 1.29 is 22.9 Å². The standard InChI is InChI=1S/C29H34N4O6S/c1-4-22(3)30-29(35)27(5-2)31(20-23-12-8-6-9-13-23)28(34)21-32(24-16-18-25(19-17-24)33(36)37)40(38,39)26-14-10-7-11-15-26/h6-19,22,27H,4-5,20-21H2,1-3H3,(H,30,35). The van der Waals surface area contributed by atoms with E-state index in [9.17, 15) is 28.1 Å². The fourth-order valence-electron chi connectivity index (χ4n) is 4.13. The van der Waals surface area contributed by atoms with Gasteiger partial charge in [-0.25, -0.2) is 8.42 Å². The van der Waals surface area contributed by atoms with Gasteiger partial charge < -0.3 is 10.2 Å². The summed E-state index contributed by atoms with van der Waals surface area (Å²) in [6, 6.07) is 20.8. The van der Waals surface area contributed by atoms with Crippen LogP contribution in [0, 0.1) is 10.1 Å². The molecule has 2 amide bonds. The lowest BCUT2D eigenvalue weighted by Gasteiger charge is -2.33. The Bertz CT molecular complexity index is 1400. The molecular formula is C29H34N4O6S. The lowest BCUT2D eigenvalue weighted by Crippen LogP contribution is -2.53. The highest BCUT2D eigenvalue weighted by atomic mass is 32.2. The van der Waals surface area contributed by atoms with Crippen LogP contribution in [-0.4, -0.2) is 48.7 Å². The number of benzene rings is 3. The molecule has 2 atom stereocenters. The molecule has 212 valence electrons. The van der Waals surface area contributed by atoms with E-state index in [2.05, 4.69) is 5.32 Å². The van der Waals surface area contributed by atoms with E-state index in [4.69, 9.17) is 0 Å². The van der Waals surface area contributed by atoms with E-state index in [1.54, 1.807) is 25.1 Å². The minimum atomic E-state index is -4.25. The van der Waals surface area contributed by atoms with Crippen molar-refractivity contribution in [1.82, 2.24) is 10.2 Å². The molecule has 3 aromatic rings. The lowest BCUT2D eigenvalue weighted by molar-refractivity contribution is -0.384. The Balaban J connectivity index is 2.05. The van der Waals surface area contributed by atoms with Crippen LogP contribution in [-0.2, 0) is 26.2 Å². The molecule has 1 N–H and O–H groups in total. The van der Waals surface area contributed by atoms with Gasteiger partial charge in [-0.2, -0.15) is 0 Å². The van der Waals surface area contributed by atoms with Crippen molar-refractivity contribution in [3.05, 3.63) is 101 Å². The van der Waals surface area contributed by atoms with E-state index in [1.807, 2.05) is 44.2 Å². The third kappa shape index (κ3) is 7.44. The van der Waals surface area contributed by atoms with Crippen molar-refractivity contribution in [2.24, 2.45) is 0 Å². The van der Waals surface area contributed by atoms with Crippen molar-refractivity contribution in [2.45, 2.75) is 57.1 Å². The number of amides is 2. The van der Waals surface area contributed by atoms with E-state index in [0.29, 0.717) is 12.8 Å². The van der Waals surface area contributed by atoms with E-state index in [1.165, 1.54) is 41.3 Å². The Morgan fingerprint density at radius 3 is 2.00 bits per heavy atom. The predicted molar refractivity (Wildman–Crippen MR) is 153 cm³/mol. The van der Waals surface area contributed by atoms with Crippen molar-refractivity contribution in [1.29, 1.82) is 0 Å². The van der Waals surface area contributed by atoms with Gasteiger partial charge in [0.05, 0.1) is 15.5 Å². The number of carbonyl (C=O) groups excluding carboxylic acids is 2. The van der Waals surface area contributed by atoms with Gasteiger partial charge in [-0.05, 0) is 49.6 Å². The summed E-state index contributed by atoms with van der Waals surface area (Å²) in [6.07, 6.45) is 1.02. The van der Waals surface area contributed by atoms with Gasteiger partial charge in [0.25, 0.3) is 15.7 Å². The summed E-state index contributed by atoms with van der Waals surface area (Å²) in [6.45, 7) is 5.08. The zero-order chi connectivity index (χ0) is 29.3. The van der Waals surface area contributed by atoms with Crippen LogP contribution in [0.25, 0.3) is 0 Å². The number of nitrogens with zero attached hydrogens (tertiary/aromatic N) is 3. The highest BCUT2D eigenvalue weighted by Gasteiger charge is 2.34. The van der Waals surface area contributed by atoms with Gasteiger partial charge in [-0.3, -0.25) is 24.0 Å². The molecule has 0 aliphatic rings. The number of nitro benzene ring substituents is 1. The van der Waals surface area contributed by atoms with Crippen LogP contribution in [0.5, 0.6) is 0 Å². The third-order valence-corrected chi connectivity index (χ3v) is 8.33. The SMILES string of the molecule is CCC(C)NC(=O)C(CC)N(Cc1ccccc1)C(=O)CN(c1ccc([N+](=O)[O-])cc1)S(=O)(=O)c1ccccc1. The molecule has 3 rings (SSSR count). The molecule has 11 heteroatoms. The molecule has 0 heterocycles. The molecule has 0 aliphatic heterocycles. The molecule has 0 bridgehead atoms. The molecule has 0 saturated heterocycles. The summed E-state index contributed by atoms with van der Waals surface area (Å²) in [5.74, 6) is -0.915. The Kier molecular flexibility index (Phi) is 10.4. The molecule has 3 aromatic carbocycles. The summed E-state index contributed by atoms with van der Waals surface area (Å²) >= 11 is 0. The molecule has 0 aliphatic carbocycles. The largest absolute Gasteiger partial charge is 0.352 e. The monoisotopic (exact) mass is 566 g/mol. The molecule has 40 heavy (non-hydrogen) atoms. The second kappa shape index (κ2) is 13.7. The molecular weight excluding hydrogens is 532 g/mol. The maximum absolute atomic E-state index is 14.0. The lowest BCUT2D eigenvalue weighted by atomic mass is 10.1. The summed E-state index contributed by atoms with van der Waals surface area (Å²) in [7, 11) is -4.25. The quantitative estimate of drug-likeness (QED) is 0.239. The van der Waals surface area contributed by atoms with Crippen LogP contribution >= 0.6 is 0 Å². The number of rotatable bonds is 13. The molecule has 0 saturated carbocycles. The van der Waals surface area contributed by atoms with Gasteiger partial charge in [-0.1, -0.05) is 62.4 Å². The van der Waals surface area contributed by atoms with Crippen LogP contribution in [0.4, 0.5) is 11.4 Å².